The van der Waals surface area contributed by atoms with Crippen molar-refractivity contribution in [1.29, 1.82) is 0 Å². The molecule has 2 aliphatic carbocycles. The van der Waals surface area contributed by atoms with Gasteiger partial charge in [0.15, 0.2) is 0 Å². The molecule has 2 atom stereocenters. The van der Waals surface area contributed by atoms with Crippen LogP contribution in [-0.2, 0) is 9.53 Å². The van der Waals surface area contributed by atoms with Crippen molar-refractivity contribution in [3.63, 3.8) is 0 Å². The molecule has 0 radical (unpaired) electrons. The second kappa shape index (κ2) is 6.74. The van der Waals surface area contributed by atoms with Crippen molar-refractivity contribution in [1.82, 2.24) is 5.32 Å². The van der Waals surface area contributed by atoms with E-state index in [0.29, 0.717) is 12.3 Å². The van der Waals surface area contributed by atoms with E-state index in [9.17, 15) is 4.79 Å². The molecule has 2 fully saturated rings. The van der Waals surface area contributed by atoms with Crippen molar-refractivity contribution >= 4 is 5.97 Å². The summed E-state index contributed by atoms with van der Waals surface area (Å²) in [6.07, 6.45) is 11.3. The Hall–Kier alpha value is -0.570. The maximum Gasteiger partial charge on any atom is 0.307 e. The normalized spacial score (nSPS) is 30.8. The molecule has 2 unspecified atom stereocenters. The van der Waals surface area contributed by atoms with Crippen LogP contribution >= 0.6 is 0 Å². The molecule has 0 aliphatic heterocycles. The number of hydrogen-bond acceptors (Lipinski definition) is 3. The highest BCUT2D eigenvalue weighted by molar-refractivity contribution is 5.71. The van der Waals surface area contributed by atoms with Crippen molar-refractivity contribution in [2.75, 3.05) is 7.05 Å². The van der Waals surface area contributed by atoms with Crippen LogP contribution in [0, 0.1) is 5.92 Å². The van der Waals surface area contributed by atoms with Gasteiger partial charge in [-0.1, -0.05) is 32.6 Å². The molecule has 110 valence electrons. The first-order valence-corrected chi connectivity index (χ1v) is 8.02. The first-order chi connectivity index (χ1) is 9.13. The van der Waals surface area contributed by atoms with E-state index in [1.54, 1.807) is 0 Å². The number of carbonyl (C=O) groups is 1. The van der Waals surface area contributed by atoms with Gasteiger partial charge in [-0.25, -0.2) is 0 Å². The van der Waals surface area contributed by atoms with Gasteiger partial charge in [-0.2, -0.15) is 0 Å². The summed E-state index contributed by atoms with van der Waals surface area (Å²) >= 11 is 0. The van der Waals surface area contributed by atoms with E-state index in [2.05, 4.69) is 12.2 Å². The summed E-state index contributed by atoms with van der Waals surface area (Å²) in [5.41, 5.74) is 0.00954. The maximum absolute atomic E-state index is 12.2. The Balaban J connectivity index is 1.82. The Labute approximate surface area is 117 Å². The third kappa shape index (κ3) is 4.20. The van der Waals surface area contributed by atoms with Gasteiger partial charge < -0.3 is 10.1 Å². The van der Waals surface area contributed by atoms with Gasteiger partial charge in [0.05, 0.1) is 6.42 Å². The Morgan fingerprint density at radius 3 is 2.58 bits per heavy atom. The van der Waals surface area contributed by atoms with Gasteiger partial charge >= 0.3 is 5.97 Å². The predicted molar refractivity (Wildman–Crippen MR) is 77.0 cm³/mol. The Morgan fingerprint density at radius 1 is 1.21 bits per heavy atom. The van der Waals surface area contributed by atoms with Crippen LogP contribution in [0.3, 0.4) is 0 Å². The molecule has 1 N–H and O–H groups in total. The summed E-state index contributed by atoms with van der Waals surface area (Å²) in [4.78, 5) is 12.2. The molecule has 0 saturated heterocycles. The van der Waals surface area contributed by atoms with Gasteiger partial charge in [-0.3, -0.25) is 4.79 Å². The zero-order chi connectivity index (χ0) is 13.7. The lowest BCUT2D eigenvalue weighted by molar-refractivity contribution is -0.153. The number of nitrogens with one attached hydrogen (secondary N) is 1. The zero-order valence-corrected chi connectivity index (χ0v) is 12.5. The van der Waals surface area contributed by atoms with Crippen LogP contribution in [0.2, 0.25) is 0 Å². The molecule has 0 bridgehead atoms. The fraction of sp³-hybridized carbons (Fsp3) is 0.938. The molecule has 3 heteroatoms. The fourth-order valence-corrected chi connectivity index (χ4v) is 3.73. The molecule has 0 spiro atoms. The van der Waals surface area contributed by atoms with Crippen LogP contribution in [0.5, 0.6) is 0 Å². The highest BCUT2D eigenvalue weighted by Gasteiger charge is 2.34. The van der Waals surface area contributed by atoms with Crippen LogP contribution in [0.15, 0.2) is 0 Å². The first-order valence-electron chi connectivity index (χ1n) is 8.02. The minimum atomic E-state index is 0.00954. The molecule has 0 heterocycles. The van der Waals surface area contributed by atoms with E-state index < -0.39 is 0 Å². The van der Waals surface area contributed by atoms with Crippen molar-refractivity contribution in [3.8, 4) is 0 Å². The van der Waals surface area contributed by atoms with Crippen molar-refractivity contribution in [2.24, 2.45) is 5.92 Å². The first kappa shape index (κ1) is 14.8. The van der Waals surface area contributed by atoms with Crippen molar-refractivity contribution in [3.05, 3.63) is 0 Å². The van der Waals surface area contributed by atoms with Gasteiger partial charge in [-0.15, -0.1) is 0 Å². The van der Waals surface area contributed by atoms with Gasteiger partial charge in [0, 0.05) is 5.54 Å². The predicted octanol–water partition coefficient (Wildman–Crippen LogP) is 3.42. The second-order valence-corrected chi connectivity index (χ2v) is 6.65. The quantitative estimate of drug-likeness (QED) is 0.793. The van der Waals surface area contributed by atoms with E-state index in [4.69, 9.17) is 4.74 Å². The van der Waals surface area contributed by atoms with Crippen LogP contribution < -0.4 is 5.32 Å². The topological polar surface area (TPSA) is 38.3 Å². The van der Waals surface area contributed by atoms with Crippen molar-refractivity contribution < 1.29 is 9.53 Å². The largest absolute Gasteiger partial charge is 0.462 e. The van der Waals surface area contributed by atoms with Crippen molar-refractivity contribution in [2.45, 2.75) is 82.8 Å². The number of rotatable bonds is 4. The lowest BCUT2D eigenvalue weighted by Crippen LogP contribution is -2.47. The standard InChI is InChI=1S/C16H29NO2/c1-13-7-6-8-14(11-13)19-15(18)12-16(17-2)9-4-3-5-10-16/h13-14,17H,3-12H2,1-2H3. The molecule has 0 aromatic carbocycles. The average Bonchev–Trinajstić information content (AvgIpc) is 2.39. The third-order valence-electron chi connectivity index (χ3n) is 5.01. The van der Waals surface area contributed by atoms with Gasteiger partial charge in [0.25, 0.3) is 0 Å². The highest BCUT2D eigenvalue weighted by atomic mass is 16.5. The summed E-state index contributed by atoms with van der Waals surface area (Å²) in [5.74, 6) is 0.717. The fourth-order valence-electron chi connectivity index (χ4n) is 3.73. The summed E-state index contributed by atoms with van der Waals surface area (Å²) in [7, 11) is 1.99. The number of hydrogen-bond donors (Lipinski definition) is 1. The Morgan fingerprint density at radius 2 is 1.95 bits per heavy atom. The summed E-state index contributed by atoms with van der Waals surface area (Å²) in [5, 5.41) is 3.39. The number of ether oxygens (including phenoxy) is 1. The lowest BCUT2D eigenvalue weighted by Gasteiger charge is -2.37. The van der Waals surface area contributed by atoms with E-state index in [1.807, 2.05) is 7.05 Å². The van der Waals surface area contributed by atoms with Gasteiger partial charge in [0.1, 0.15) is 6.10 Å². The summed E-state index contributed by atoms with van der Waals surface area (Å²) in [6.45, 7) is 2.26. The maximum atomic E-state index is 12.2. The molecule has 2 aliphatic rings. The molecule has 2 saturated carbocycles. The van der Waals surface area contributed by atoms with E-state index in [-0.39, 0.29) is 17.6 Å². The molecular weight excluding hydrogens is 238 g/mol. The van der Waals surface area contributed by atoms with E-state index in [0.717, 1.165) is 25.7 Å². The molecule has 2 rings (SSSR count). The molecule has 0 amide bonds. The number of esters is 1. The second-order valence-electron chi connectivity index (χ2n) is 6.65. The minimum Gasteiger partial charge on any atom is -0.462 e. The lowest BCUT2D eigenvalue weighted by atomic mass is 9.79. The molecule has 3 nitrogen and oxygen atoms in total. The van der Waals surface area contributed by atoms with Crippen LogP contribution in [0.25, 0.3) is 0 Å². The smallest absolute Gasteiger partial charge is 0.307 e. The monoisotopic (exact) mass is 267 g/mol. The Bertz CT molecular complexity index is 297. The molecular formula is C16H29NO2. The zero-order valence-electron chi connectivity index (χ0n) is 12.5. The highest BCUT2D eigenvalue weighted by Crippen LogP contribution is 2.32. The van der Waals surface area contributed by atoms with Crippen LogP contribution in [0.1, 0.15) is 71.1 Å². The van der Waals surface area contributed by atoms with Gasteiger partial charge in [0.2, 0.25) is 0 Å². The third-order valence-corrected chi connectivity index (χ3v) is 5.01. The van der Waals surface area contributed by atoms with Crippen LogP contribution in [0.4, 0.5) is 0 Å². The number of carbonyl (C=O) groups excluding carboxylic acids is 1. The molecule has 19 heavy (non-hydrogen) atoms. The molecule has 0 aromatic heterocycles. The summed E-state index contributed by atoms with van der Waals surface area (Å²) in [6, 6.07) is 0. The summed E-state index contributed by atoms with van der Waals surface area (Å²) < 4.78 is 5.71. The van der Waals surface area contributed by atoms with E-state index in [1.165, 1.54) is 32.1 Å². The molecule has 0 aromatic rings. The minimum absolute atomic E-state index is 0.00954. The SMILES string of the molecule is CNC1(CC(=O)OC2CCCC(C)C2)CCCCC1. The van der Waals surface area contributed by atoms with E-state index >= 15 is 0 Å². The average molecular weight is 267 g/mol. The van der Waals surface area contributed by atoms with Gasteiger partial charge in [-0.05, 0) is 45.1 Å². The Kier molecular flexibility index (Phi) is 5.26. The van der Waals surface area contributed by atoms with Crippen LogP contribution in [-0.4, -0.2) is 24.7 Å².